The molecule has 1 rings (SSSR count). The zero-order valence-corrected chi connectivity index (χ0v) is 16.4. The van der Waals surface area contributed by atoms with Crippen LogP contribution in [0.1, 0.15) is 37.6 Å². The van der Waals surface area contributed by atoms with E-state index in [4.69, 9.17) is 21.1 Å². The summed E-state index contributed by atoms with van der Waals surface area (Å²) in [5.41, 5.74) is 0.308. The summed E-state index contributed by atoms with van der Waals surface area (Å²) in [6.07, 6.45) is 0.824. The van der Waals surface area contributed by atoms with Gasteiger partial charge < -0.3 is 19.7 Å². The van der Waals surface area contributed by atoms with E-state index < -0.39 is 11.9 Å². The van der Waals surface area contributed by atoms with E-state index in [0.29, 0.717) is 23.7 Å². The number of benzene rings is 1. The monoisotopic (exact) mass is 370 g/mol. The fourth-order valence-corrected chi connectivity index (χ4v) is 2.48. The third-order valence-electron chi connectivity index (χ3n) is 3.60. The standard InChI is InChI=1S/C18H27ClN2O4/c1-7-8-25-16-13(19)9-12(10-14(16)24-6)17(22)20-15(11(2)3)18(23)21(4)5/h9-11,15H,7-8H2,1-6H3,(H,20,22). The first-order chi connectivity index (χ1) is 11.7. The molecule has 1 aromatic carbocycles. The minimum atomic E-state index is -0.622. The normalized spacial score (nSPS) is 11.8. The van der Waals surface area contributed by atoms with Gasteiger partial charge in [0.15, 0.2) is 11.5 Å². The summed E-state index contributed by atoms with van der Waals surface area (Å²) in [5.74, 6) is 0.183. The van der Waals surface area contributed by atoms with Crippen LogP contribution in [0.5, 0.6) is 11.5 Å². The van der Waals surface area contributed by atoms with E-state index in [9.17, 15) is 9.59 Å². The molecule has 140 valence electrons. The molecular formula is C18H27ClN2O4. The number of hydrogen-bond donors (Lipinski definition) is 1. The van der Waals surface area contributed by atoms with Crippen molar-refractivity contribution < 1.29 is 19.1 Å². The lowest BCUT2D eigenvalue weighted by molar-refractivity contribution is -0.131. The van der Waals surface area contributed by atoms with Crippen LogP contribution in [-0.4, -0.2) is 50.6 Å². The van der Waals surface area contributed by atoms with Crippen molar-refractivity contribution >= 4 is 23.4 Å². The molecule has 0 radical (unpaired) electrons. The van der Waals surface area contributed by atoms with Crippen LogP contribution in [0.2, 0.25) is 5.02 Å². The molecule has 0 aromatic heterocycles. The summed E-state index contributed by atoms with van der Waals surface area (Å²) in [4.78, 5) is 26.3. The van der Waals surface area contributed by atoms with Crippen LogP contribution in [0, 0.1) is 5.92 Å². The lowest BCUT2D eigenvalue weighted by Gasteiger charge is -2.25. The van der Waals surface area contributed by atoms with Crippen LogP contribution >= 0.6 is 11.6 Å². The maximum absolute atomic E-state index is 12.6. The molecule has 0 aliphatic rings. The predicted octanol–water partition coefficient (Wildman–Crippen LogP) is 2.98. The minimum absolute atomic E-state index is 0.0524. The average molecular weight is 371 g/mol. The highest BCUT2D eigenvalue weighted by atomic mass is 35.5. The van der Waals surface area contributed by atoms with E-state index in [1.54, 1.807) is 20.2 Å². The van der Waals surface area contributed by atoms with Crippen molar-refractivity contribution in [1.29, 1.82) is 0 Å². The Morgan fingerprint density at radius 3 is 2.40 bits per heavy atom. The van der Waals surface area contributed by atoms with Crippen LogP contribution in [0.15, 0.2) is 12.1 Å². The van der Waals surface area contributed by atoms with E-state index >= 15 is 0 Å². The number of halogens is 1. The van der Waals surface area contributed by atoms with Crippen LogP contribution in [0.3, 0.4) is 0 Å². The van der Waals surface area contributed by atoms with Gasteiger partial charge in [-0.3, -0.25) is 9.59 Å². The van der Waals surface area contributed by atoms with E-state index in [0.717, 1.165) is 6.42 Å². The van der Waals surface area contributed by atoms with Gasteiger partial charge in [0.05, 0.1) is 18.7 Å². The van der Waals surface area contributed by atoms with Gasteiger partial charge in [-0.2, -0.15) is 0 Å². The number of amides is 2. The highest BCUT2D eigenvalue weighted by Crippen LogP contribution is 2.36. The molecule has 0 saturated carbocycles. The SMILES string of the molecule is CCCOc1c(Cl)cc(C(=O)NC(C(=O)N(C)C)C(C)C)cc1OC. The molecule has 1 aromatic rings. The first kappa shape index (κ1) is 21.1. The average Bonchev–Trinajstić information content (AvgIpc) is 2.56. The van der Waals surface area contributed by atoms with E-state index in [1.807, 2.05) is 20.8 Å². The third-order valence-corrected chi connectivity index (χ3v) is 3.88. The Hall–Kier alpha value is -1.95. The van der Waals surface area contributed by atoms with Gasteiger partial charge in [-0.1, -0.05) is 32.4 Å². The van der Waals surface area contributed by atoms with Crippen LogP contribution in [-0.2, 0) is 4.79 Å². The fourth-order valence-electron chi connectivity index (χ4n) is 2.21. The van der Waals surface area contributed by atoms with Crippen molar-refractivity contribution in [1.82, 2.24) is 10.2 Å². The second kappa shape index (κ2) is 9.51. The molecule has 0 aliphatic heterocycles. The van der Waals surface area contributed by atoms with E-state index in [2.05, 4.69) is 5.32 Å². The summed E-state index contributed by atoms with van der Waals surface area (Å²) in [6, 6.07) is 2.45. The number of ether oxygens (including phenoxy) is 2. The predicted molar refractivity (Wildman–Crippen MR) is 98.6 cm³/mol. The Kier molecular flexibility index (Phi) is 8.03. The quantitative estimate of drug-likeness (QED) is 0.763. The lowest BCUT2D eigenvalue weighted by atomic mass is 10.0. The van der Waals surface area contributed by atoms with Crippen molar-refractivity contribution in [3.63, 3.8) is 0 Å². The van der Waals surface area contributed by atoms with Gasteiger partial charge >= 0.3 is 0 Å². The van der Waals surface area contributed by atoms with Crippen molar-refractivity contribution in [2.24, 2.45) is 5.92 Å². The van der Waals surface area contributed by atoms with Crippen molar-refractivity contribution in [2.45, 2.75) is 33.2 Å². The Labute approximate surface area is 154 Å². The second-order valence-corrected chi connectivity index (χ2v) is 6.67. The topological polar surface area (TPSA) is 67.9 Å². The Bertz CT molecular complexity index is 617. The molecule has 1 unspecified atom stereocenters. The second-order valence-electron chi connectivity index (χ2n) is 6.27. The molecule has 0 heterocycles. The number of nitrogens with one attached hydrogen (secondary N) is 1. The van der Waals surface area contributed by atoms with Crippen LogP contribution in [0.25, 0.3) is 0 Å². The number of rotatable bonds is 8. The molecule has 2 amide bonds. The highest BCUT2D eigenvalue weighted by Gasteiger charge is 2.26. The maximum atomic E-state index is 12.6. The highest BCUT2D eigenvalue weighted by molar-refractivity contribution is 6.32. The van der Waals surface area contributed by atoms with Crippen molar-refractivity contribution in [3.8, 4) is 11.5 Å². The van der Waals surface area contributed by atoms with Gasteiger partial charge in [0, 0.05) is 19.7 Å². The molecule has 1 N–H and O–H groups in total. The largest absolute Gasteiger partial charge is 0.493 e. The van der Waals surface area contributed by atoms with E-state index in [1.165, 1.54) is 18.1 Å². The number of hydrogen-bond acceptors (Lipinski definition) is 4. The molecular weight excluding hydrogens is 344 g/mol. The number of likely N-dealkylation sites (N-methyl/N-ethyl adjacent to an activating group) is 1. The third kappa shape index (κ3) is 5.53. The Balaban J connectivity index is 3.08. The van der Waals surface area contributed by atoms with Gasteiger partial charge in [0.1, 0.15) is 6.04 Å². The summed E-state index contributed by atoms with van der Waals surface area (Å²) in [7, 11) is 4.80. The molecule has 1 atom stereocenters. The number of methoxy groups -OCH3 is 1. The molecule has 0 bridgehead atoms. The molecule has 6 nitrogen and oxygen atoms in total. The van der Waals surface area contributed by atoms with E-state index in [-0.39, 0.29) is 16.8 Å². The zero-order valence-electron chi connectivity index (χ0n) is 15.7. The Morgan fingerprint density at radius 1 is 1.28 bits per heavy atom. The van der Waals surface area contributed by atoms with Crippen molar-refractivity contribution in [3.05, 3.63) is 22.7 Å². The Morgan fingerprint density at radius 2 is 1.92 bits per heavy atom. The van der Waals surface area contributed by atoms with Crippen LogP contribution < -0.4 is 14.8 Å². The first-order valence-electron chi connectivity index (χ1n) is 8.25. The molecule has 0 spiro atoms. The summed E-state index contributed by atoms with van der Waals surface area (Å²) in [6.45, 7) is 6.23. The minimum Gasteiger partial charge on any atom is -0.493 e. The number of nitrogens with zero attached hydrogens (tertiary/aromatic N) is 1. The molecule has 0 aliphatic carbocycles. The van der Waals surface area contributed by atoms with Gasteiger partial charge in [0.2, 0.25) is 5.91 Å². The molecule has 0 saturated heterocycles. The summed E-state index contributed by atoms with van der Waals surface area (Å²) >= 11 is 6.25. The number of carbonyl (C=O) groups excluding carboxylic acids is 2. The molecule has 0 fully saturated rings. The van der Waals surface area contributed by atoms with Gasteiger partial charge in [0.25, 0.3) is 5.91 Å². The van der Waals surface area contributed by atoms with Gasteiger partial charge in [-0.25, -0.2) is 0 Å². The molecule has 25 heavy (non-hydrogen) atoms. The van der Waals surface area contributed by atoms with Gasteiger partial charge in [-0.05, 0) is 24.5 Å². The first-order valence-corrected chi connectivity index (χ1v) is 8.63. The zero-order chi connectivity index (χ0) is 19.1. The lowest BCUT2D eigenvalue weighted by Crippen LogP contribution is -2.49. The van der Waals surface area contributed by atoms with Crippen molar-refractivity contribution in [2.75, 3.05) is 27.8 Å². The fraction of sp³-hybridized carbons (Fsp3) is 0.556. The smallest absolute Gasteiger partial charge is 0.252 e. The number of carbonyl (C=O) groups is 2. The van der Waals surface area contributed by atoms with Gasteiger partial charge in [-0.15, -0.1) is 0 Å². The summed E-state index contributed by atoms with van der Waals surface area (Å²) in [5, 5.41) is 3.06. The molecule has 7 heteroatoms. The summed E-state index contributed by atoms with van der Waals surface area (Å²) < 4.78 is 10.9. The van der Waals surface area contributed by atoms with Crippen LogP contribution in [0.4, 0.5) is 0 Å². The maximum Gasteiger partial charge on any atom is 0.252 e.